The molecule has 1 atom stereocenters. The highest BCUT2D eigenvalue weighted by atomic mass is 16.5. The maximum Gasteiger partial charge on any atom is 0.143 e. The number of benzene rings is 1. The second-order valence-corrected chi connectivity index (χ2v) is 4.75. The number of hydrogen-bond donors (Lipinski definition) is 1. The molecule has 2 aromatic rings. The number of hydrogen-bond acceptors (Lipinski definition) is 4. The molecule has 0 aliphatic carbocycles. The molecule has 1 unspecified atom stereocenters. The lowest BCUT2D eigenvalue weighted by molar-refractivity contribution is 0.133. The SMILES string of the molecule is CCOCc1ccccc1CNC(C)c1ncnn1C. The smallest absolute Gasteiger partial charge is 0.143 e. The summed E-state index contributed by atoms with van der Waals surface area (Å²) in [5.41, 5.74) is 2.49. The zero-order valence-electron chi connectivity index (χ0n) is 12.3. The minimum Gasteiger partial charge on any atom is -0.377 e. The molecule has 0 amide bonds. The normalized spacial score (nSPS) is 12.6. The molecule has 0 aliphatic heterocycles. The summed E-state index contributed by atoms with van der Waals surface area (Å²) >= 11 is 0. The number of ether oxygens (including phenoxy) is 1. The van der Waals surface area contributed by atoms with Gasteiger partial charge in [-0.1, -0.05) is 24.3 Å². The number of nitrogens with zero attached hydrogens (tertiary/aromatic N) is 3. The highest BCUT2D eigenvalue weighted by Crippen LogP contribution is 2.13. The van der Waals surface area contributed by atoms with Crippen LogP contribution in [-0.4, -0.2) is 21.4 Å². The van der Waals surface area contributed by atoms with Crippen LogP contribution in [-0.2, 0) is 24.9 Å². The first-order valence-electron chi connectivity index (χ1n) is 6.94. The number of aryl methyl sites for hydroxylation is 1. The molecule has 0 fully saturated rings. The molecule has 2 rings (SSSR count). The Morgan fingerprint density at radius 2 is 2.05 bits per heavy atom. The monoisotopic (exact) mass is 274 g/mol. The number of nitrogens with one attached hydrogen (secondary N) is 1. The van der Waals surface area contributed by atoms with Crippen LogP contribution in [0.1, 0.15) is 36.8 Å². The van der Waals surface area contributed by atoms with E-state index in [-0.39, 0.29) is 6.04 Å². The molecule has 5 heteroatoms. The van der Waals surface area contributed by atoms with Gasteiger partial charge in [-0.25, -0.2) is 4.98 Å². The second-order valence-electron chi connectivity index (χ2n) is 4.75. The van der Waals surface area contributed by atoms with E-state index in [1.807, 2.05) is 20.0 Å². The highest BCUT2D eigenvalue weighted by molar-refractivity contribution is 5.26. The molecule has 20 heavy (non-hydrogen) atoms. The zero-order chi connectivity index (χ0) is 14.4. The van der Waals surface area contributed by atoms with Crippen LogP contribution in [0.25, 0.3) is 0 Å². The van der Waals surface area contributed by atoms with Gasteiger partial charge in [0.05, 0.1) is 12.6 Å². The van der Waals surface area contributed by atoms with Crippen molar-refractivity contribution in [3.8, 4) is 0 Å². The third kappa shape index (κ3) is 3.65. The van der Waals surface area contributed by atoms with E-state index >= 15 is 0 Å². The molecular formula is C15H22N4O. The topological polar surface area (TPSA) is 52.0 Å². The van der Waals surface area contributed by atoms with Crippen LogP contribution in [0.2, 0.25) is 0 Å². The van der Waals surface area contributed by atoms with Gasteiger partial charge in [-0.15, -0.1) is 0 Å². The van der Waals surface area contributed by atoms with Gasteiger partial charge >= 0.3 is 0 Å². The summed E-state index contributed by atoms with van der Waals surface area (Å²) in [6.07, 6.45) is 1.58. The van der Waals surface area contributed by atoms with Gasteiger partial charge in [0.15, 0.2) is 0 Å². The largest absolute Gasteiger partial charge is 0.377 e. The van der Waals surface area contributed by atoms with Gasteiger partial charge in [0.25, 0.3) is 0 Å². The van der Waals surface area contributed by atoms with Crippen molar-refractivity contribution in [3.05, 3.63) is 47.5 Å². The van der Waals surface area contributed by atoms with Gasteiger partial charge in [-0.3, -0.25) is 4.68 Å². The predicted octanol–water partition coefficient (Wildman–Crippen LogP) is 2.20. The van der Waals surface area contributed by atoms with Crippen LogP contribution in [0, 0.1) is 0 Å². The van der Waals surface area contributed by atoms with Crippen molar-refractivity contribution < 1.29 is 4.74 Å². The van der Waals surface area contributed by atoms with Gasteiger partial charge in [-0.05, 0) is 25.0 Å². The van der Waals surface area contributed by atoms with Crippen LogP contribution in [0.15, 0.2) is 30.6 Å². The van der Waals surface area contributed by atoms with Gasteiger partial charge in [0, 0.05) is 20.2 Å². The molecule has 1 aromatic heterocycles. The minimum absolute atomic E-state index is 0.155. The lowest BCUT2D eigenvalue weighted by atomic mass is 10.1. The summed E-state index contributed by atoms with van der Waals surface area (Å²) in [6, 6.07) is 8.50. The third-order valence-corrected chi connectivity index (χ3v) is 3.31. The first-order chi connectivity index (χ1) is 9.72. The maximum atomic E-state index is 5.50. The van der Waals surface area contributed by atoms with E-state index in [4.69, 9.17) is 4.74 Å². The highest BCUT2D eigenvalue weighted by Gasteiger charge is 2.11. The molecule has 1 aromatic carbocycles. The van der Waals surface area contributed by atoms with Crippen LogP contribution in [0.3, 0.4) is 0 Å². The third-order valence-electron chi connectivity index (χ3n) is 3.31. The fraction of sp³-hybridized carbons (Fsp3) is 0.467. The standard InChI is InChI=1S/C15H22N4O/c1-4-20-10-14-8-6-5-7-13(14)9-16-12(2)15-17-11-18-19(15)3/h5-8,11-12,16H,4,9-10H2,1-3H3. The Labute approximate surface area is 120 Å². The molecule has 0 saturated carbocycles. The first kappa shape index (κ1) is 14.7. The van der Waals surface area contributed by atoms with Crippen molar-refractivity contribution in [3.63, 3.8) is 0 Å². The quantitative estimate of drug-likeness (QED) is 0.841. The maximum absolute atomic E-state index is 5.50. The molecule has 0 saturated heterocycles. The average Bonchev–Trinajstić information content (AvgIpc) is 2.89. The average molecular weight is 274 g/mol. The Balaban J connectivity index is 1.98. The Morgan fingerprint density at radius 1 is 1.30 bits per heavy atom. The van der Waals surface area contributed by atoms with Crippen LogP contribution >= 0.6 is 0 Å². The van der Waals surface area contributed by atoms with Crippen LogP contribution < -0.4 is 5.32 Å². The predicted molar refractivity (Wildman–Crippen MR) is 78.0 cm³/mol. The summed E-state index contributed by atoms with van der Waals surface area (Å²) in [5, 5.41) is 7.58. The molecule has 0 bridgehead atoms. The van der Waals surface area contributed by atoms with Crippen LogP contribution in [0.4, 0.5) is 0 Å². The minimum atomic E-state index is 0.155. The van der Waals surface area contributed by atoms with Crippen molar-refractivity contribution in [2.75, 3.05) is 6.61 Å². The summed E-state index contributed by atoms with van der Waals surface area (Å²) in [5.74, 6) is 0.937. The van der Waals surface area contributed by atoms with Gasteiger partial charge < -0.3 is 10.1 Å². The molecule has 0 radical (unpaired) electrons. The van der Waals surface area contributed by atoms with E-state index in [0.29, 0.717) is 6.61 Å². The Kier molecular flexibility index (Phi) is 5.26. The lowest BCUT2D eigenvalue weighted by Gasteiger charge is -2.15. The lowest BCUT2D eigenvalue weighted by Crippen LogP contribution is -2.22. The first-order valence-corrected chi connectivity index (χ1v) is 6.94. The van der Waals surface area contributed by atoms with Gasteiger partial charge in [0.1, 0.15) is 12.2 Å². The van der Waals surface area contributed by atoms with Crippen molar-refractivity contribution in [1.82, 2.24) is 20.1 Å². The zero-order valence-corrected chi connectivity index (χ0v) is 12.3. The van der Waals surface area contributed by atoms with E-state index in [2.05, 4.69) is 40.5 Å². The summed E-state index contributed by atoms with van der Waals surface area (Å²) < 4.78 is 7.30. The van der Waals surface area contributed by atoms with E-state index in [0.717, 1.165) is 19.0 Å². The second kappa shape index (κ2) is 7.17. The Morgan fingerprint density at radius 3 is 2.70 bits per heavy atom. The molecule has 108 valence electrons. The van der Waals surface area contributed by atoms with Crippen molar-refractivity contribution >= 4 is 0 Å². The molecule has 0 aliphatic rings. The number of aromatic nitrogens is 3. The van der Waals surface area contributed by atoms with E-state index in [1.165, 1.54) is 11.1 Å². The fourth-order valence-electron chi connectivity index (χ4n) is 2.13. The number of rotatable bonds is 7. The van der Waals surface area contributed by atoms with Crippen molar-refractivity contribution in [2.45, 2.75) is 33.0 Å². The fourth-order valence-corrected chi connectivity index (χ4v) is 2.13. The van der Waals surface area contributed by atoms with Gasteiger partial charge in [-0.2, -0.15) is 5.10 Å². The van der Waals surface area contributed by atoms with Crippen molar-refractivity contribution in [2.24, 2.45) is 7.05 Å². The Hall–Kier alpha value is -1.72. The summed E-state index contributed by atoms with van der Waals surface area (Å²) in [6.45, 7) is 6.28. The Bertz CT molecular complexity index is 538. The van der Waals surface area contributed by atoms with E-state index in [1.54, 1.807) is 11.0 Å². The molecule has 0 spiro atoms. The molecule has 1 heterocycles. The molecular weight excluding hydrogens is 252 g/mol. The van der Waals surface area contributed by atoms with E-state index < -0.39 is 0 Å². The molecule has 5 nitrogen and oxygen atoms in total. The summed E-state index contributed by atoms with van der Waals surface area (Å²) in [7, 11) is 1.91. The van der Waals surface area contributed by atoms with Crippen molar-refractivity contribution in [1.29, 1.82) is 0 Å². The van der Waals surface area contributed by atoms with Gasteiger partial charge in [0.2, 0.25) is 0 Å². The van der Waals surface area contributed by atoms with E-state index in [9.17, 15) is 0 Å². The van der Waals surface area contributed by atoms with Crippen LogP contribution in [0.5, 0.6) is 0 Å². The summed E-state index contributed by atoms with van der Waals surface area (Å²) in [4.78, 5) is 4.26. The molecule has 1 N–H and O–H groups in total.